The molecule has 1 heterocycles. The zero-order valence-corrected chi connectivity index (χ0v) is 11.9. The Kier molecular flexibility index (Phi) is 3.91. The number of hydrogen-bond acceptors (Lipinski definition) is 3. The largest absolute Gasteiger partial charge is 0.508 e. The average Bonchev–Trinajstić information content (AvgIpc) is 2.63. The van der Waals surface area contributed by atoms with Gasteiger partial charge in [0, 0.05) is 6.42 Å². The summed E-state index contributed by atoms with van der Waals surface area (Å²) in [6, 6.07) is 8.46. The van der Waals surface area contributed by atoms with Crippen molar-refractivity contribution in [1.29, 1.82) is 0 Å². The smallest absolute Gasteiger partial charge is 0.183 e. The highest BCUT2D eigenvalue weighted by Gasteiger charge is 2.15. The molecule has 2 N–H and O–H groups in total. The Morgan fingerprint density at radius 3 is 2.35 bits per heavy atom. The molecule has 17 heavy (non-hydrogen) atoms. The molecule has 90 valence electrons. The Bertz CT molecular complexity index is 485. The molecule has 0 saturated carbocycles. The highest BCUT2D eigenvalue weighted by Crippen LogP contribution is 2.31. The van der Waals surface area contributed by atoms with Gasteiger partial charge in [-0.15, -0.1) is 0 Å². The summed E-state index contributed by atoms with van der Waals surface area (Å²) < 4.78 is 6.68. The monoisotopic (exact) mass is 360 g/mol. The fourth-order valence-corrected chi connectivity index (χ4v) is 2.09. The molecule has 1 atom stereocenters. The van der Waals surface area contributed by atoms with Crippen molar-refractivity contribution in [3.63, 3.8) is 0 Å². The van der Waals surface area contributed by atoms with Crippen LogP contribution in [0.3, 0.4) is 0 Å². The maximum atomic E-state index is 9.98. The lowest BCUT2D eigenvalue weighted by Gasteiger charge is -2.07. The number of phenols is 1. The Morgan fingerprint density at radius 1 is 1.18 bits per heavy atom. The van der Waals surface area contributed by atoms with Crippen LogP contribution < -0.4 is 0 Å². The summed E-state index contributed by atoms with van der Waals surface area (Å²) in [6.45, 7) is 0. The third-order valence-corrected chi connectivity index (χ3v) is 4.07. The first-order valence-corrected chi connectivity index (χ1v) is 6.55. The number of aromatic hydroxyl groups is 1. The molecule has 0 aliphatic heterocycles. The molecule has 0 spiro atoms. The lowest BCUT2D eigenvalue weighted by Crippen LogP contribution is -2.00. The van der Waals surface area contributed by atoms with E-state index in [9.17, 15) is 5.11 Å². The lowest BCUT2D eigenvalue weighted by atomic mass is 10.1. The molecule has 1 aromatic heterocycles. The number of aliphatic hydroxyl groups is 1. The minimum absolute atomic E-state index is 0.215. The van der Waals surface area contributed by atoms with Crippen molar-refractivity contribution < 1.29 is 14.6 Å². The van der Waals surface area contributed by atoms with Gasteiger partial charge < -0.3 is 14.6 Å². The first kappa shape index (κ1) is 12.7. The number of rotatable bonds is 3. The highest BCUT2D eigenvalue weighted by atomic mass is 79.9. The first-order chi connectivity index (χ1) is 8.06. The minimum Gasteiger partial charge on any atom is -0.508 e. The van der Waals surface area contributed by atoms with Gasteiger partial charge in [0.15, 0.2) is 4.67 Å². The van der Waals surface area contributed by atoms with Crippen molar-refractivity contribution >= 4 is 31.9 Å². The van der Waals surface area contributed by atoms with Gasteiger partial charge in [0.05, 0.1) is 4.47 Å². The maximum Gasteiger partial charge on any atom is 0.183 e. The van der Waals surface area contributed by atoms with Gasteiger partial charge >= 0.3 is 0 Å². The Hall–Kier alpha value is -0.780. The summed E-state index contributed by atoms with van der Waals surface area (Å²) in [5, 5.41) is 19.1. The minimum atomic E-state index is -0.706. The van der Waals surface area contributed by atoms with E-state index < -0.39 is 6.10 Å². The lowest BCUT2D eigenvalue weighted by molar-refractivity contribution is 0.149. The average molecular weight is 362 g/mol. The summed E-state index contributed by atoms with van der Waals surface area (Å²) in [5.74, 6) is 0.712. The standard InChI is InChI=1S/C12H10Br2O3/c13-9-6-11(17-12(9)14)10(16)5-7-1-3-8(15)4-2-7/h1-4,6,10,15-16H,5H2. The van der Waals surface area contributed by atoms with Crippen LogP contribution in [0.25, 0.3) is 0 Å². The van der Waals surface area contributed by atoms with Crippen LogP contribution >= 0.6 is 31.9 Å². The summed E-state index contributed by atoms with van der Waals surface area (Å²) in [5.41, 5.74) is 0.930. The third-order valence-electron chi connectivity index (χ3n) is 2.36. The summed E-state index contributed by atoms with van der Waals surface area (Å²) in [7, 11) is 0. The SMILES string of the molecule is Oc1ccc(CC(O)c2cc(Br)c(Br)o2)cc1. The molecule has 0 bridgehead atoms. The van der Waals surface area contributed by atoms with E-state index in [0.29, 0.717) is 16.9 Å². The van der Waals surface area contributed by atoms with E-state index in [1.54, 1.807) is 30.3 Å². The zero-order chi connectivity index (χ0) is 12.4. The molecule has 0 saturated heterocycles. The van der Waals surface area contributed by atoms with Gasteiger partial charge in [0.1, 0.15) is 17.6 Å². The second-order valence-electron chi connectivity index (χ2n) is 3.66. The predicted octanol–water partition coefficient (Wildman–Crippen LogP) is 3.79. The van der Waals surface area contributed by atoms with Crippen LogP contribution in [0.5, 0.6) is 5.75 Å². The number of phenolic OH excluding ortho intramolecular Hbond substituents is 1. The molecule has 1 aromatic carbocycles. The first-order valence-electron chi connectivity index (χ1n) is 4.97. The van der Waals surface area contributed by atoms with Crippen molar-refractivity contribution in [1.82, 2.24) is 0 Å². The van der Waals surface area contributed by atoms with Crippen LogP contribution in [0, 0.1) is 0 Å². The molecule has 0 fully saturated rings. The van der Waals surface area contributed by atoms with Crippen LogP contribution in [0.2, 0.25) is 0 Å². The van der Waals surface area contributed by atoms with Crippen LogP contribution in [0.1, 0.15) is 17.4 Å². The number of aliphatic hydroxyl groups excluding tert-OH is 1. The Morgan fingerprint density at radius 2 is 1.82 bits per heavy atom. The Balaban J connectivity index is 2.11. The summed E-state index contributed by atoms with van der Waals surface area (Å²) in [4.78, 5) is 0. The quantitative estimate of drug-likeness (QED) is 0.874. The maximum absolute atomic E-state index is 9.98. The number of benzene rings is 1. The van der Waals surface area contributed by atoms with Gasteiger partial charge in [-0.1, -0.05) is 12.1 Å². The summed E-state index contributed by atoms with van der Waals surface area (Å²) in [6.07, 6.45) is -0.269. The second kappa shape index (κ2) is 5.25. The molecule has 2 rings (SSSR count). The molecule has 0 aliphatic rings. The fraction of sp³-hybridized carbons (Fsp3) is 0.167. The van der Waals surface area contributed by atoms with Crippen molar-refractivity contribution in [3.8, 4) is 5.75 Å². The van der Waals surface area contributed by atoms with E-state index in [-0.39, 0.29) is 5.75 Å². The van der Waals surface area contributed by atoms with Gasteiger partial charge in [-0.05, 0) is 55.6 Å². The van der Waals surface area contributed by atoms with Gasteiger partial charge in [-0.3, -0.25) is 0 Å². The van der Waals surface area contributed by atoms with Crippen LogP contribution in [0.4, 0.5) is 0 Å². The number of hydrogen-bond donors (Lipinski definition) is 2. The van der Waals surface area contributed by atoms with Gasteiger partial charge in [-0.2, -0.15) is 0 Å². The van der Waals surface area contributed by atoms with E-state index in [1.165, 1.54) is 0 Å². The number of furan rings is 1. The zero-order valence-electron chi connectivity index (χ0n) is 8.73. The van der Waals surface area contributed by atoms with Crippen LogP contribution in [0.15, 0.2) is 43.9 Å². The normalized spacial score (nSPS) is 12.6. The number of halogens is 2. The summed E-state index contributed by atoms with van der Waals surface area (Å²) >= 11 is 6.52. The van der Waals surface area contributed by atoms with Gasteiger partial charge in [0.2, 0.25) is 0 Å². The topological polar surface area (TPSA) is 53.6 Å². The molecule has 5 heteroatoms. The van der Waals surface area contributed by atoms with Crippen molar-refractivity contribution in [3.05, 3.63) is 50.8 Å². The molecule has 2 aromatic rings. The van der Waals surface area contributed by atoms with Crippen molar-refractivity contribution in [2.24, 2.45) is 0 Å². The van der Waals surface area contributed by atoms with E-state index >= 15 is 0 Å². The molecular formula is C12H10Br2O3. The Labute approximate surface area is 115 Å². The molecule has 0 radical (unpaired) electrons. The van der Waals surface area contributed by atoms with Crippen molar-refractivity contribution in [2.75, 3.05) is 0 Å². The van der Waals surface area contributed by atoms with E-state index in [2.05, 4.69) is 31.9 Å². The second-order valence-corrected chi connectivity index (χ2v) is 5.23. The molecule has 1 unspecified atom stereocenters. The molecule has 0 aliphatic carbocycles. The highest BCUT2D eigenvalue weighted by molar-refractivity contribution is 9.13. The van der Waals surface area contributed by atoms with Crippen molar-refractivity contribution in [2.45, 2.75) is 12.5 Å². The molecular weight excluding hydrogens is 352 g/mol. The van der Waals surface area contributed by atoms with E-state index in [4.69, 9.17) is 9.52 Å². The van der Waals surface area contributed by atoms with E-state index in [1.807, 2.05) is 0 Å². The van der Waals surface area contributed by atoms with Crippen LogP contribution in [-0.4, -0.2) is 10.2 Å². The molecule has 0 amide bonds. The fourth-order valence-electron chi connectivity index (χ4n) is 1.48. The van der Waals surface area contributed by atoms with Crippen LogP contribution in [-0.2, 0) is 6.42 Å². The van der Waals surface area contributed by atoms with Gasteiger partial charge in [0.25, 0.3) is 0 Å². The molecule has 3 nitrogen and oxygen atoms in total. The predicted molar refractivity (Wildman–Crippen MR) is 70.9 cm³/mol. The third kappa shape index (κ3) is 3.12. The van der Waals surface area contributed by atoms with Gasteiger partial charge in [-0.25, -0.2) is 0 Å². The van der Waals surface area contributed by atoms with E-state index in [0.717, 1.165) is 10.0 Å².